The third-order valence-electron chi connectivity index (χ3n) is 2.38. The number of nitrogens with two attached hydrogens (primary N) is 1. The molecule has 0 saturated heterocycles. The highest BCUT2D eigenvalue weighted by atomic mass is 16.5. The predicted octanol–water partition coefficient (Wildman–Crippen LogP) is -0.482. The molecule has 0 aliphatic carbocycles. The van der Waals surface area contributed by atoms with Crippen LogP contribution in [-0.4, -0.2) is 47.1 Å². The normalized spacial score (nSPS) is 10.0. The fraction of sp³-hybridized carbons (Fsp3) is 0.636. The van der Waals surface area contributed by atoms with Crippen molar-refractivity contribution in [1.82, 2.24) is 20.3 Å². The van der Waals surface area contributed by atoms with Crippen LogP contribution in [-0.2, 0) is 4.79 Å². The third-order valence-corrected chi connectivity index (χ3v) is 2.38. The van der Waals surface area contributed by atoms with Gasteiger partial charge in [0, 0.05) is 13.1 Å². The molecule has 0 saturated carbocycles. The third kappa shape index (κ3) is 4.50. The molecule has 0 bridgehead atoms. The second-order valence-corrected chi connectivity index (χ2v) is 3.79. The number of nitrogen functional groups attached to an aromatic ring is 1. The molecular formula is C11H21N7O2. The fourth-order valence-corrected chi connectivity index (χ4v) is 1.50. The number of hydrogen-bond donors (Lipinski definition) is 3. The summed E-state index contributed by atoms with van der Waals surface area (Å²) >= 11 is 0. The van der Waals surface area contributed by atoms with E-state index < -0.39 is 0 Å². The number of hydrogen-bond acceptors (Lipinski definition) is 8. The Morgan fingerprint density at radius 3 is 2.60 bits per heavy atom. The maximum absolute atomic E-state index is 11.7. The van der Waals surface area contributed by atoms with E-state index in [-0.39, 0.29) is 24.4 Å². The zero-order valence-electron chi connectivity index (χ0n) is 12.0. The highest BCUT2D eigenvalue weighted by molar-refractivity contribution is 5.80. The lowest BCUT2D eigenvalue weighted by molar-refractivity contribution is -0.119. The molecule has 1 heterocycles. The standard InChI is InChI=1S/C11H21N7O2/c1-4-13-8(19)7-18(5-2)10-14-9(17-12)15-11(16-10)20-6-3/h4-7,12H2,1-3H3,(H,13,19)(H,14,15,16,17). The van der Waals surface area contributed by atoms with E-state index in [0.717, 1.165) is 0 Å². The van der Waals surface area contributed by atoms with Crippen LogP contribution in [0, 0.1) is 0 Å². The zero-order chi connectivity index (χ0) is 15.0. The maximum atomic E-state index is 11.7. The summed E-state index contributed by atoms with van der Waals surface area (Å²) < 4.78 is 5.25. The summed E-state index contributed by atoms with van der Waals surface area (Å²) in [6, 6.07) is 0.166. The van der Waals surface area contributed by atoms with E-state index in [0.29, 0.717) is 25.6 Å². The number of nitrogens with zero attached hydrogens (tertiary/aromatic N) is 4. The Morgan fingerprint density at radius 1 is 1.30 bits per heavy atom. The van der Waals surface area contributed by atoms with E-state index in [4.69, 9.17) is 10.6 Å². The van der Waals surface area contributed by atoms with E-state index in [1.54, 1.807) is 4.90 Å². The van der Waals surface area contributed by atoms with Crippen LogP contribution < -0.4 is 26.2 Å². The van der Waals surface area contributed by atoms with Crippen LogP contribution in [0.1, 0.15) is 20.8 Å². The first-order valence-electron chi connectivity index (χ1n) is 6.51. The smallest absolute Gasteiger partial charge is 0.323 e. The lowest BCUT2D eigenvalue weighted by Gasteiger charge is -2.20. The molecule has 0 aliphatic rings. The molecule has 1 aromatic heterocycles. The van der Waals surface area contributed by atoms with Crippen molar-refractivity contribution < 1.29 is 9.53 Å². The molecular weight excluding hydrogens is 262 g/mol. The predicted molar refractivity (Wildman–Crippen MR) is 75.4 cm³/mol. The van der Waals surface area contributed by atoms with Gasteiger partial charge < -0.3 is 15.0 Å². The van der Waals surface area contributed by atoms with Gasteiger partial charge in [-0.05, 0) is 20.8 Å². The number of hydrazine groups is 1. The number of carbonyl (C=O) groups is 1. The average molecular weight is 283 g/mol. The largest absolute Gasteiger partial charge is 0.464 e. The molecule has 0 fully saturated rings. The van der Waals surface area contributed by atoms with Gasteiger partial charge in [0.1, 0.15) is 0 Å². The Kier molecular flexibility index (Phi) is 6.44. The Labute approximate surface area is 117 Å². The van der Waals surface area contributed by atoms with Crippen molar-refractivity contribution in [2.75, 3.05) is 36.6 Å². The topological polar surface area (TPSA) is 118 Å². The fourth-order valence-electron chi connectivity index (χ4n) is 1.50. The summed E-state index contributed by atoms with van der Waals surface area (Å²) in [5.41, 5.74) is 2.35. The van der Waals surface area contributed by atoms with Gasteiger partial charge in [-0.3, -0.25) is 10.2 Å². The number of anilines is 2. The quantitative estimate of drug-likeness (QED) is 0.432. The SMILES string of the molecule is CCNC(=O)CN(CC)c1nc(NN)nc(OCC)n1. The summed E-state index contributed by atoms with van der Waals surface area (Å²) in [5.74, 6) is 5.74. The summed E-state index contributed by atoms with van der Waals surface area (Å²) in [5, 5.41) is 2.73. The zero-order valence-corrected chi connectivity index (χ0v) is 12.0. The Bertz CT molecular complexity index is 441. The minimum atomic E-state index is -0.102. The number of carbonyl (C=O) groups excluding carboxylic acids is 1. The van der Waals surface area contributed by atoms with Crippen LogP contribution in [0.15, 0.2) is 0 Å². The molecule has 0 aliphatic heterocycles. The minimum Gasteiger partial charge on any atom is -0.464 e. The van der Waals surface area contributed by atoms with Gasteiger partial charge in [-0.2, -0.15) is 15.0 Å². The first kappa shape index (κ1) is 15.9. The van der Waals surface area contributed by atoms with Crippen LogP contribution in [0.3, 0.4) is 0 Å². The van der Waals surface area contributed by atoms with Gasteiger partial charge in [0.2, 0.25) is 17.8 Å². The number of rotatable bonds is 8. The van der Waals surface area contributed by atoms with Crippen LogP contribution in [0.25, 0.3) is 0 Å². The maximum Gasteiger partial charge on any atom is 0.323 e. The molecule has 1 rings (SSSR count). The van der Waals surface area contributed by atoms with Gasteiger partial charge in [0.05, 0.1) is 13.2 Å². The van der Waals surface area contributed by atoms with Crippen molar-refractivity contribution in [3.8, 4) is 6.01 Å². The Balaban J connectivity index is 2.95. The number of aromatic nitrogens is 3. The van der Waals surface area contributed by atoms with Crippen molar-refractivity contribution in [3.63, 3.8) is 0 Å². The molecule has 1 amide bonds. The highest BCUT2D eigenvalue weighted by Gasteiger charge is 2.15. The van der Waals surface area contributed by atoms with Gasteiger partial charge in [0.15, 0.2) is 0 Å². The van der Waals surface area contributed by atoms with E-state index in [1.165, 1.54) is 0 Å². The molecule has 0 atom stereocenters. The molecule has 9 nitrogen and oxygen atoms in total. The minimum absolute atomic E-state index is 0.102. The van der Waals surface area contributed by atoms with Gasteiger partial charge in [-0.25, -0.2) is 5.84 Å². The van der Waals surface area contributed by atoms with E-state index in [9.17, 15) is 4.79 Å². The van der Waals surface area contributed by atoms with Gasteiger partial charge in [-0.1, -0.05) is 0 Å². The molecule has 112 valence electrons. The first-order chi connectivity index (χ1) is 9.64. The van der Waals surface area contributed by atoms with Crippen LogP contribution in [0.2, 0.25) is 0 Å². The second-order valence-electron chi connectivity index (χ2n) is 3.79. The molecule has 20 heavy (non-hydrogen) atoms. The second kappa shape index (κ2) is 8.10. The number of ether oxygens (including phenoxy) is 1. The molecule has 4 N–H and O–H groups in total. The molecule has 0 spiro atoms. The summed E-state index contributed by atoms with van der Waals surface area (Å²) in [7, 11) is 0. The van der Waals surface area contributed by atoms with Crippen molar-refractivity contribution in [2.24, 2.45) is 5.84 Å². The molecule has 0 radical (unpaired) electrons. The Hall–Kier alpha value is -2.16. The van der Waals surface area contributed by atoms with Crippen LogP contribution in [0.5, 0.6) is 6.01 Å². The molecule has 9 heteroatoms. The Morgan fingerprint density at radius 2 is 2.05 bits per heavy atom. The van der Waals surface area contributed by atoms with E-state index in [2.05, 4.69) is 25.7 Å². The van der Waals surface area contributed by atoms with Crippen LogP contribution in [0.4, 0.5) is 11.9 Å². The van der Waals surface area contributed by atoms with Gasteiger partial charge >= 0.3 is 6.01 Å². The summed E-state index contributed by atoms with van der Waals surface area (Å²) in [4.78, 5) is 25.6. The summed E-state index contributed by atoms with van der Waals surface area (Å²) in [6.07, 6.45) is 0. The van der Waals surface area contributed by atoms with E-state index in [1.807, 2.05) is 20.8 Å². The summed E-state index contributed by atoms with van der Waals surface area (Å²) in [6.45, 7) is 7.31. The van der Waals surface area contributed by atoms with Gasteiger partial charge in [0.25, 0.3) is 0 Å². The van der Waals surface area contributed by atoms with Crippen molar-refractivity contribution in [1.29, 1.82) is 0 Å². The van der Waals surface area contributed by atoms with Crippen molar-refractivity contribution >= 4 is 17.8 Å². The first-order valence-corrected chi connectivity index (χ1v) is 6.51. The monoisotopic (exact) mass is 283 g/mol. The number of amides is 1. The lowest BCUT2D eigenvalue weighted by Crippen LogP contribution is -2.38. The number of nitrogens with one attached hydrogen (secondary N) is 2. The van der Waals surface area contributed by atoms with Crippen molar-refractivity contribution in [2.45, 2.75) is 20.8 Å². The molecule has 1 aromatic rings. The van der Waals surface area contributed by atoms with Crippen molar-refractivity contribution in [3.05, 3.63) is 0 Å². The van der Waals surface area contributed by atoms with Crippen LogP contribution >= 0.6 is 0 Å². The van der Waals surface area contributed by atoms with Gasteiger partial charge in [-0.15, -0.1) is 0 Å². The highest BCUT2D eigenvalue weighted by Crippen LogP contribution is 2.14. The molecule has 0 aromatic carbocycles. The lowest BCUT2D eigenvalue weighted by atomic mass is 10.4. The average Bonchev–Trinajstić information content (AvgIpc) is 2.45. The number of likely N-dealkylation sites (N-methyl/N-ethyl adjacent to an activating group) is 2. The molecule has 0 unspecified atom stereocenters. The van der Waals surface area contributed by atoms with E-state index >= 15 is 0 Å².